The summed E-state index contributed by atoms with van der Waals surface area (Å²) in [5.74, 6) is -0.632. The van der Waals surface area contributed by atoms with Crippen molar-refractivity contribution in [1.29, 1.82) is 0 Å². The Morgan fingerprint density at radius 3 is 2.75 bits per heavy atom. The quantitative estimate of drug-likeness (QED) is 0.587. The summed E-state index contributed by atoms with van der Waals surface area (Å²) in [5.41, 5.74) is 6.25. The molecular weight excluding hydrogens is 270 g/mol. The van der Waals surface area contributed by atoms with Gasteiger partial charge in [-0.05, 0) is 19.1 Å². The van der Waals surface area contributed by atoms with E-state index in [1.54, 1.807) is 13.0 Å². The first-order chi connectivity index (χ1) is 9.51. The highest BCUT2D eigenvalue weighted by atomic mass is 19.3. The molecule has 0 saturated carbocycles. The van der Waals surface area contributed by atoms with Crippen LogP contribution in [0, 0.1) is 0 Å². The lowest BCUT2D eigenvalue weighted by Gasteiger charge is -2.26. The molecule has 0 radical (unpaired) electrons. The number of ether oxygens (including phenoxy) is 1. The average molecular weight is 288 g/mol. The fourth-order valence-corrected chi connectivity index (χ4v) is 1.87. The molecule has 5 nitrogen and oxygen atoms in total. The van der Waals surface area contributed by atoms with Crippen molar-refractivity contribution in [2.24, 2.45) is 0 Å². The molecule has 1 aromatic carbocycles. The maximum Gasteiger partial charge on any atom is 0.340 e. The van der Waals surface area contributed by atoms with Gasteiger partial charge in [-0.1, -0.05) is 6.07 Å². The number of carbonyl (C=O) groups is 1. The van der Waals surface area contributed by atoms with Crippen LogP contribution in [-0.4, -0.2) is 43.8 Å². The molecule has 0 aromatic heterocycles. The Morgan fingerprint density at radius 2 is 2.20 bits per heavy atom. The van der Waals surface area contributed by atoms with E-state index in [9.17, 15) is 13.6 Å². The topological polar surface area (TPSA) is 75.8 Å². The Kier molecular flexibility index (Phi) is 6.17. The summed E-state index contributed by atoms with van der Waals surface area (Å²) >= 11 is 0. The molecule has 3 N–H and O–H groups in total. The number of halogens is 2. The molecule has 0 atom stereocenters. The van der Waals surface area contributed by atoms with Crippen LogP contribution in [0.3, 0.4) is 0 Å². The van der Waals surface area contributed by atoms with Gasteiger partial charge in [-0.3, -0.25) is 0 Å². The Balaban J connectivity index is 3.20. The van der Waals surface area contributed by atoms with Gasteiger partial charge in [0.1, 0.15) is 0 Å². The molecule has 0 aliphatic rings. The first kappa shape index (κ1) is 16.2. The zero-order valence-electron chi connectivity index (χ0n) is 11.2. The van der Waals surface area contributed by atoms with Gasteiger partial charge < -0.3 is 20.5 Å². The maximum absolute atomic E-state index is 12.6. The SMILES string of the molecule is CCOC(=O)c1cccc(N)c1N(CCO)CC(F)F. The number of hydrogen-bond donors (Lipinski definition) is 2. The van der Waals surface area contributed by atoms with E-state index >= 15 is 0 Å². The average Bonchev–Trinajstić information content (AvgIpc) is 2.37. The van der Waals surface area contributed by atoms with Gasteiger partial charge in [-0.15, -0.1) is 0 Å². The third kappa shape index (κ3) is 4.06. The molecule has 1 rings (SSSR count). The number of hydrogen-bond acceptors (Lipinski definition) is 5. The molecule has 7 heteroatoms. The predicted molar refractivity (Wildman–Crippen MR) is 72.1 cm³/mol. The molecular formula is C13H18F2N2O3. The van der Waals surface area contributed by atoms with Crippen LogP contribution < -0.4 is 10.6 Å². The van der Waals surface area contributed by atoms with E-state index in [0.29, 0.717) is 0 Å². The zero-order chi connectivity index (χ0) is 15.1. The van der Waals surface area contributed by atoms with E-state index in [1.165, 1.54) is 17.0 Å². The Labute approximate surface area is 115 Å². The highest BCUT2D eigenvalue weighted by molar-refractivity contribution is 5.99. The summed E-state index contributed by atoms with van der Waals surface area (Å²) in [6.07, 6.45) is -2.61. The fourth-order valence-electron chi connectivity index (χ4n) is 1.87. The van der Waals surface area contributed by atoms with Gasteiger partial charge >= 0.3 is 5.97 Å². The normalized spacial score (nSPS) is 10.7. The van der Waals surface area contributed by atoms with E-state index in [0.717, 1.165) is 0 Å². The lowest BCUT2D eigenvalue weighted by Crippen LogP contribution is -2.33. The van der Waals surface area contributed by atoms with Gasteiger partial charge in [0.2, 0.25) is 0 Å². The van der Waals surface area contributed by atoms with E-state index in [-0.39, 0.29) is 36.7 Å². The minimum absolute atomic E-state index is 0.0506. The molecule has 1 aromatic rings. The Hall–Kier alpha value is -1.89. The van der Waals surface area contributed by atoms with Crippen molar-refractivity contribution >= 4 is 17.3 Å². The molecule has 0 bridgehead atoms. The van der Waals surface area contributed by atoms with Crippen LogP contribution in [0.1, 0.15) is 17.3 Å². The van der Waals surface area contributed by atoms with Crippen molar-refractivity contribution in [3.63, 3.8) is 0 Å². The van der Waals surface area contributed by atoms with Gasteiger partial charge in [-0.25, -0.2) is 13.6 Å². The standard InChI is InChI=1S/C13H18F2N2O3/c1-2-20-13(19)9-4-3-5-10(16)12(9)17(6-7-18)8-11(14)15/h3-5,11,18H,2,6-8,16H2,1H3. The van der Waals surface area contributed by atoms with E-state index in [2.05, 4.69) is 0 Å². The van der Waals surface area contributed by atoms with Crippen molar-refractivity contribution in [2.45, 2.75) is 13.3 Å². The molecule has 112 valence electrons. The number of alkyl halides is 2. The van der Waals surface area contributed by atoms with Gasteiger partial charge in [-0.2, -0.15) is 0 Å². The summed E-state index contributed by atoms with van der Waals surface area (Å²) in [6, 6.07) is 4.51. The maximum atomic E-state index is 12.6. The molecule has 0 unspecified atom stereocenters. The molecule has 0 fully saturated rings. The molecule has 0 heterocycles. The third-order valence-electron chi connectivity index (χ3n) is 2.61. The number of nitrogens with zero attached hydrogens (tertiary/aromatic N) is 1. The van der Waals surface area contributed by atoms with Gasteiger partial charge in [0.25, 0.3) is 6.43 Å². The van der Waals surface area contributed by atoms with Crippen LogP contribution in [0.4, 0.5) is 20.2 Å². The monoisotopic (exact) mass is 288 g/mol. The predicted octanol–water partition coefficient (Wildman–Crippen LogP) is 1.51. The van der Waals surface area contributed by atoms with Crippen molar-refractivity contribution in [1.82, 2.24) is 0 Å². The molecule has 0 aliphatic heterocycles. The second kappa shape index (κ2) is 7.64. The minimum Gasteiger partial charge on any atom is -0.462 e. The van der Waals surface area contributed by atoms with E-state index in [4.69, 9.17) is 15.6 Å². The fraction of sp³-hybridized carbons (Fsp3) is 0.462. The van der Waals surface area contributed by atoms with Crippen LogP contribution in [0.2, 0.25) is 0 Å². The molecule has 0 saturated heterocycles. The van der Waals surface area contributed by atoms with E-state index in [1.807, 2.05) is 0 Å². The summed E-state index contributed by atoms with van der Waals surface area (Å²) in [5, 5.41) is 8.99. The molecule has 0 aliphatic carbocycles. The Morgan fingerprint density at radius 1 is 1.50 bits per heavy atom. The highest BCUT2D eigenvalue weighted by Crippen LogP contribution is 2.29. The number of aliphatic hydroxyl groups excluding tert-OH is 1. The van der Waals surface area contributed by atoms with Crippen molar-refractivity contribution in [2.75, 3.05) is 36.9 Å². The number of nitrogen functional groups attached to an aromatic ring is 1. The minimum atomic E-state index is -2.61. The van der Waals surface area contributed by atoms with Crippen LogP contribution in [-0.2, 0) is 4.74 Å². The highest BCUT2D eigenvalue weighted by Gasteiger charge is 2.22. The second-order valence-electron chi connectivity index (χ2n) is 4.02. The van der Waals surface area contributed by atoms with Crippen molar-refractivity contribution in [3.05, 3.63) is 23.8 Å². The van der Waals surface area contributed by atoms with Crippen LogP contribution >= 0.6 is 0 Å². The van der Waals surface area contributed by atoms with Crippen LogP contribution in [0.15, 0.2) is 18.2 Å². The number of carbonyl (C=O) groups excluding carboxylic acids is 1. The van der Waals surface area contributed by atoms with Gasteiger partial charge in [0.15, 0.2) is 0 Å². The Bertz CT molecular complexity index is 455. The number of nitrogens with two attached hydrogens (primary N) is 1. The lowest BCUT2D eigenvalue weighted by atomic mass is 10.1. The van der Waals surface area contributed by atoms with Gasteiger partial charge in [0, 0.05) is 6.54 Å². The number of benzene rings is 1. The second-order valence-corrected chi connectivity index (χ2v) is 4.02. The smallest absolute Gasteiger partial charge is 0.340 e. The number of para-hydroxylation sites is 1. The molecule has 20 heavy (non-hydrogen) atoms. The van der Waals surface area contributed by atoms with Crippen LogP contribution in [0.5, 0.6) is 0 Å². The first-order valence-electron chi connectivity index (χ1n) is 6.20. The zero-order valence-corrected chi connectivity index (χ0v) is 11.2. The number of esters is 1. The first-order valence-corrected chi connectivity index (χ1v) is 6.20. The summed E-state index contributed by atoms with van der Waals surface area (Å²) in [6.45, 7) is 0.811. The number of aliphatic hydroxyl groups is 1. The number of rotatable bonds is 7. The molecule has 0 amide bonds. The van der Waals surface area contributed by atoms with Crippen molar-refractivity contribution < 1.29 is 23.4 Å². The van der Waals surface area contributed by atoms with E-state index < -0.39 is 18.9 Å². The number of anilines is 2. The third-order valence-corrected chi connectivity index (χ3v) is 2.61. The summed E-state index contributed by atoms with van der Waals surface area (Å²) in [7, 11) is 0. The lowest BCUT2D eigenvalue weighted by molar-refractivity contribution is 0.0526. The molecule has 0 spiro atoms. The largest absolute Gasteiger partial charge is 0.462 e. The van der Waals surface area contributed by atoms with Crippen molar-refractivity contribution in [3.8, 4) is 0 Å². The van der Waals surface area contributed by atoms with Gasteiger partial charge in [0.05, 0.1) is 36.7 Å². The van der Waals surface area contributed by atoms with Crippen LogP contribution in [0.25, 0.3) is 0 Å². The summed E-state index contributed by atoms with van der Waals surface area (Å²) < 4.78 is 30.1. The summed E-state index contributed by atoms with van der Waals surface area (Å²) in [4.78, 5) is 13.0.